The van der Waals surface area contributed by atoms with Crippen LogP contribution in [-0.4, -0.2) is 11.3 Å². The smallest absolute Gasteiger partial charge is 0.396 e. The summed E-state index contributed by atoms with van der Waals surface area (Å²) < 4.78 is 39.6. The topological polar surface area (TPSA) is 98.0 Å². The molecule has 0 unspecified atom stereocenters. The zero-order valence-corrected chi connectivity index (χ0v) is 7.88. The Morgan fingerprint density at radius 2 is 2.12 bits per heavy atom. The van der Waals surface area contributed by atoms with Crippen LogP contribution in [0.2, 0.25) is 0 Å². The highest BCUT2D eigenvalue weighted by Gasteiger charge is 2.33. The molecule has 0 atom stereocenters. The molecule has 1 heterocycles. The van der Waals surface area contributed by atoms with Gasteiger partial charge in [0, 0.05) is 12.1 Å². The van der Waals surface area contributed by atoms with Crippen molar-refractivity contribution in [1.29, 1.82) is 5.26 Å². The molecule has 0 bridgehead atoms. The Bertz CT molecular complexity index is 438. The summed E-state index contributed by atoms with van der Waals surface area (Å²) in [7, 11) is 0. The quantitative estimate of drug-likeness (QED) is 0.789. The maximum absolute atomic E-state index is 12.0. The van der Waals surface area contributed by atoms with Crippen LogP contribution in [0.1, 0.15) is 11.1 Å². The highest BCUT2D eigenvalue weighted by molar-refractivity contribution is 5.59. The van der Waals surface area contributed by atoms with E-state index in [2.05, 4.69) is 9.72 Å². The van der Waals surface area contributed by atoms with E-state index < -0.39 is 12.2 Å². The number of nitriles is 1. The molecule has 0 aliphatic carbocycles. The maximum Gasteiger partial charge on any atom is 0.574 e. The van der Waals surface area contributed by atoms with Crippen molar-refractivity contribution in [3.63, 3.8) is 0 Å². The Morgan fingerprint density at radius 1 is 1.50 bits per heavy atom. The number of hydrogen-bond donors (Lipinski definition) is 2. The van der Waals surface area contributed by atoms with Gasteiger partial charge < -0.3 is 16.2 Å². The summed E-state index contributed by atoms with van der Waals surface area (Å²) >= 11 is 0. The number of alkyl halides is 3. The summed E-state index contributed by atoms with van der Waals surface area (Å²) in [4.78, 5) is 3.34. The molecule has 0 aromatic carbocycles. The molecule has 8 heteroatoms. The zero-order valence-electron chi connectivity index (χ0n) is 7.88. The van der Waals surface area contributed by atoms with E-state index in [1.807, 2.05) is 0 Å². The number of ether oxygens (including phenoxy) is 1. The molecule has 86 valence electrons. The predicted molar refractivity (Wildman–Crippen MR) is 47.9 cm³/mol. The largest absolute Gasteiger partial charge is 0.574 e. The van der Waals surface area contributed by atoms with E-state index >= 15 is 0 Å². The second-order valence-electron chi connectivity index (χ2n) is 2.74. The molecule has 0 radical (unpaired) electrons. The lowest BCUT2D eigenvalue weighted by Gasteiger charge is -2.12. The molecule has 16 heavy (non-hydrogen) atoms. The third-order valence-corrected chi connectivity index (χ3v) is 1.70. The normalized spacial score (nSPS) is 10.9. The van der Waals surface area contributed by atoms with Crippen LogP contribution in [0.3, 0.4) is 0 Å². The van der Waals surface area contributed by atoms with Crippen LogP contribution < -0.4 is 16.2 Å². The monoisotopic (exact) mass is 232 g/mol. The van der Waals surface area contributed by atoms with Crippen molar-refractivity contribution in [3.8, 4) is 11.9 Å². The molecule has 0 fully saturated rings. The Morgan fingerprint density at radius 3 is 2.56 bits per heavy atom. The van der Waals surface area contributed by atoms with Gasteiger partial charge in [0.15, 0.2) is 0 Å². The first-order chi connectivity index (χ1) is 7.39. The summed E-state index contributed by atoms with van der Waals surface area (Å²) in [6.07, 6.45) is -3.97. The molecule has 5 nitrogen and oxygen atoms in total. The van der Waals surface area contributed by atoms with Crippen molar-refractivity contribution in [2.45, 2.75) is 12.9 Å². The standard InChI is InChI=1S/C8H7F3N4O/c9-8(10,11)16-7-5(2-13)4(1-12)6(14)3-15-7/h3H,2,13-14H2. The van der Waals surface area contributed by atoms with Gasteiger partial charge in [0.1, 0.15) is 6.07 Å². The fourth-order valence-corrected chi connectivity index (χ4v) is 1.07. The number of hydrogen-bond acceptors (Lipinski definition) is 5. The van der Waals surface area contributed by atoms with Gasteiger partial charge in [0.2, 0.25) is 5.88 Å². The van der Waals surface area contributed by atoms with E-state index in [4.69, 9.17) is 16.7 Å². The van der Waals surface area contributed by atoms with Gasteiger partial charge in [-0.2, -0.15) is 5.26 Å². The number of nitrogens with zero attached hydrogens (tertiary/aromatic N) is 2. The Hall–Kier alpha value is -2.01. The van der Waals surface area contributed by atoms with Gasteiger partial charge in [0.25, 0.3) is 0 Å². The lowest BCUT2D eigenvalue weighted by molar-refractivity contribution is -0.276. The average Bonchev–Trinajstić information content (AvgIpc) is 2.18. The fraction of sp³-hybridized carbons (Fsp3) is 0.250. The number of rotatable bonds is 2. The van der Waals surface area contributed by atoms with E-state index in [-0.39, 0.29) is 23.4 Å². The number of anilines is 1. The molecule has 4 N–H and O–H groups in total. The number of aromatic nitrogens is 1. The molecular formula is C8H7F3N4O. The third kappa shape index (κ3) is 2.52. The molecule has 0 aliphatic rings. The lowest BCUT2D eigenvalue weighted by atomic mass is 10.1. The minimum atomic E-state index is -4.89. The highest BCUT2D eigenvalue weighted by atomic mass is 19.4. The first-order valence-electron chi connectivity index (χ1n) is 4.02. The van der Waals surface area contributed by atoms with E-state index in [1.54, 1.807) is 6.07 Å². The van der Waals surface area contributed by atoms with Crippen molar-refractivity contribution < 1.29 is 17.9 Å². The second-order valence-corrected chi connectivity index (χ2v) is 2.74. The molecule has 0 spiro atoms. The van der Waals surface area contributed by atoms with Crippen molar-refractivity contribution in [3.05, 3.63) is 17.3 Å². The van der Waals surface area contributed by atoms with Crippen LogP contribution in [-0.2, 0) is 6.54 Å². The SMILES string of the molecule is N#Cc1c(N)cnc(OC(F)(F)F)c1CN. The summed E-state index contributed by atoms with van der Waals surface area (Å²) in [5.74, 6) is -0.749. The van der Waals surface area contributed by atoms with Crippen LogP contribution >= 0.6 is 0 Å². The molecule has 0 amide bonds. The molecule has 1 aromatic heterocycles. The second kappa shape index (κ2) is 4.24. The predicted octanol–water partition coefficient (Wildman–Crippen LogP) is 0.893. The summed E-state index contributed by atoms with van der Waals surface area (Å²) in [6.45, 7) is -0.327. The number of nitrogens with two attached hydrogens (primary N) is 2. The van der Waals surface area contributed by atoms with Gasteiger partial charge in [-0.05, 0) is 0 Å². The van der Waals surface area contributed by atoms with Crippen LogP contribution in [0, 0.1) is 11.3 Å². The van der Waals surface area contributed by atoms with Gasteiger partial charge in [-0.1, -0.05) is 0 Å². The minimum absolute atomic E-state index is 0.0440. The van der Waals surface area contributed by atoms with Gasteiger partial charge in [0.05, 0.1) is 17.4 Å². The van der Waals surface area contributed by atoms with Crippen molar-refractivity contribution in [2.75, 3.05) is 5.73 Å². The molecule has 0 saturated carbocycles. The lowest BCUT2D eigenvalue weighted by Crippen LogP contribution is -2.20. The van der Waals surface area contributed by atoms with Crippen LogP contribution in [0.5, 0.6) is 5.88 Å². The fourth-order valence-electron chi connectivity index (χ4n) is 1.07. The van der Waals surface area contributed by atoms with Crippen molar-refractivity contribution in [2.24, 2.45) is 5.73 Å². The Kier molecular flexibility index (Phi) is 3.20. The van der Waals surface area contributed by atoms with Crippen LogP contribution in [0.25, 0.3) is 0 Å². The number of halogens is 3. The molecular weight excluding hydrogens is 225 g/mol. The Labute approximate surface area is 88.4 Å². The van der Waals surface area contributed by atoms with E-state index in [9.17, 15) is 13.2 Å². The van der Waals surface area contributed by atoms with Gasteiger partial charge in [-0.3, -0.25) is 0 Å². The minimum Gasteiger partial charge on any atom is -0.396 e. The first-order valence-corrected chi connectivity index (χ1v) is 4.02. The summed E-state index contributed by atoms with van der Waals surface area (Å²) in [5, 5.41) is 8.70. The maximum atomic E-state index is 12.0. The Balaban J connectivity index is 3.26. The highest BCUT2D eigenvalue weighted by Crippen LogP contribution is 2.28. The molecule has 1 aromatic rings. The van der Waals surface area contributed by atoms with Gasteiger partial charge >= 0.3 is 6.36 Å². The summed E-state index contributed by atoms with van der Waals surface area (Å²) in [6, 6.07) is 1.65. The number of pyridine rings is 1. The van der Waals surface area contributed by atoms with Crippen molar-refractivity contribution in [1.82, 2.24) is 4.98 Å². The van der Waals surface area contributed by atoms with E-state index in [0.717, 1.165) is 6.20 Å². The average molecular weight is 232 g/mol. The van der Waals surface area contributed by atoms with Gasteiger partial charge in [-0.25, -0.2) is 4.98 Å². The van der Waals surface area contributed by atoms with E-state index in [0.29, 0.717) is 0 Å². The van der Waals surface area contributed by atoms with Gasteiger partial charge in [-0.15, -0.1) is 13.2 Å². The van der Waals surface area contributed by atoms with Crippen LogP contribution in [0.4, 0.5) is 18.9 Å². The van der Waals surface area contributed by atoms with Crippen LogP contribution in [0.15, 0.2) is 6.20 Å². The molecule has 0 aliphatic heterocycles. The van der Waals surface area contributed by atoms with Crippen molar-refractivity contribution >= 4 is 5.69 Å². The van der Waals surface area contributed by atoms with E-state index in [1.165, 1.54) is 0 Å². The number of nitrogen functional groups attached to an aromatic ring is 1. The summed E-state index contributed by atoms with van der Waals surface area (Å²) in [5.41, 5.74) is 10.2. The molecule has 1 rings (SSSR count). The first kappa shape index (κ1) is 12.1. The zero-order chi connectivity index (χ0) is 12.3. The third-order valence-electron chi connectivity index (χ3n) is 1.70. The molecule has 0 saturated heterocycles.